The molecule has 2 aromatic carbocycles. The third kappa shape index (κ3) is 7.72. The number of carbonyl (C=O) groups is 1. The largest absolute Gasteiger partial charge is 0.360 e. The first kappa shape index (κ1) is 25.0. The Morgan fingerprint density at radius 3 is 2.65 bits per heavy atom. The van der Waals surface area contributed by atoms with Gasteiger partial charge in [0, 0.05) is 31.9 Å². The number of nitrogens with one attached hydrogen (secondary N) is 3. The van der Waals surface area contributed by atoms with Crippen molar-refractivity contribution in [3.63, 3.8) is 0 Å². The van der Waals surface area contributed by atoms with Crippen LogP contribution in [0.2, 0.25) is 0 Å². The van der Waals surface area contributed by atoms with Crippen LogP contribution in [0, 0.1) is 6.92 Å². The van der Waals surface area contributed by atoms with Gasteiger partial charge >= 0.3 is 0 Å². The maximum absolute atomic E-state index is 11.6. The van der Waals surface area contributed by atoms with E-state index in [0.717, 1.165) is 36.8 Å². The molecule has 1 amide bonds. The molecule has 3 N–H and O–H groups in total. The SMILES string of the molecule is CCNC(=NCc1ccc(N2CCNC(=O)C2)cc1)NCC(C)c1cccc(C)c1.I. The topological polar surface area (TPSA) is 68.8 Å². The van der Waals surface area contributed by atoms with Gasteiger partial charge in [-0.3, -0.25) is 4.79 Å². The Labute approximate surface area is 202 Å². The van der Waals surface area contributed by atoms with Crippen LogP contribution in [0.25, 0.3) is 0 Å². The van der Waals surface area contributed by atoms with Crippen molar-refractivity contribution in [3.05, 3.63) is 65.2 Å². The van der Waals surface area contributed by atoms with Crippen molar-refractivity contribution in [2.24, 2.45) is 4.99 Å². The molecule has 168 valence electrons. The van der Waals surface area contributed by atoms with E-state index < -0.39 is 0 Å². The zero-order chi connectivity index (χ0) is 21.3. The van der Waals surface area contributed by atoms with Gasteiger partial charge in [0.15, 0.2) is 5.96 Å². The summed E-state index contributed by atoms with van der Waals surface area (Å²) in [5.41, 5.74) is 4.84. The summed E-state index contributed by atoms with van der Waals surface area (Å²) < 4.78 is 0. The monoisotopic (exact) mass is 535 g/mol. The van der Waals surface area contributed by atoms with E-state index in [0.29, 0.717) is 25.6 Å². The number of benzene rings is 2. The molecule has 3 rings (SSSR count). The van der Waals surface area contributed by atoms with Crippen molar-refractivity contribution < 1.29 is 4.79 Å². The van der Waals surface area contributed by atoms with E-state index in [4.69, 9.17) is 4.99 Å². The van der Waals surface area contributed by atoms with E-state index in [-0.39, 0.29) is 29.9 Å². The van der Waals surface area contributed by atoms with Crippen LogP contribution in [0.3, 0.4) is 0 Å². The van der Waals surface area contributed by atoms with Crippen molar-refractivity contribution in [1.82, 2.24) is 16.0 Å². The highest BCUT2D eigenvalue weighted by Gasteiger charge is 2.16. The first-order chi connectivity index (χ1) is 14.5. The molecule has 31 heavy (non-hydrogen) atoms. The number of hydrogen-bond donors (Lipinski definition) is 3. The van der Waals surface area contributed by atoms with Crippen molar-refractivity contribution in [2.75, 3.05) is 37.6 Å². The number of guanidine groups is 1. The average Bonchev–Trinajstić information content (AvgIpc) is 2.76. The number of piperazine rings is 1. The third-order valence-electron chi connectivity index (χ3n) is 5.29. The normalized spacial score (nSPS) is 15.0. The third-order valence-corrected chi connectivity index (χ3v) is 5.29. The molecule has 0 radical (unpaired) electrons. The van der Waals surface area contributed by atoms with Gasteiger partial charge in [0.05, 0.1) is 13.1 Å². The summed E-state index contributed by atoms with van der Waals surface area (Å²) in [6.45, 7) is 10.6. The van der Waals surface area contributed by atoms with Crippen LogP contribution in [0.15, 0.2) is 53.5 Å². The summed E-state index contributed by atoms with van der Waals surface area (Å²) >= 11 is 0. The fourth-order valence-corrected chi connectivity index (χ4v) is 3.53. The summed E-state index contributed by atoms with van der Waals surface area (Å²) in [5.74, 6) is 1.31. The Bertz CT molecular complexity index is 869. The first-order valence-corrected chi connectivity index (χ1v) is 10.7. The lowest BCUT2D eigenvalue weighted by Gasteiger charge is -2.28. The molecule has 0 saturated carbocycles. The van der Waals surface area contributed by atoms with Crippen molar-refractivity contribution in [2.45, 2.75) is 33.2 Å². The lowest BCUT2D eigenvalue weighted by Crippen LogP contribution is -2.47. The molecule has 2 aromatic rings. The minimum atomic E-state index is 0. The Morgan fingerprint density at radius 1 is 1.19 bits per heavy atom. The molecule has 1 aliphatic heterocycles. The molecule has 1 unspecified atom stereocenters. The molecule has 1 fully saturated rings. The first-order valence-electron chi connectivity index (χ1n) is 10.7. The van der Waals surface area contributed by atoms with E-state index >= 15 is 0 Å². The highest BCUT2D eigenvalue weighted by atomic mass is 127. The maximum atomic E-state index is 11.6. The minimum absolute atomic E-state index is 0. The number of rotatable bonds is 7. The Balaban J connectivity index is 0.00000341. The van der Waals surface area contributed by atoms with Crippen LogP contribution in [0.4, 0.5) is 5.69 Å². The highest BCUT2D eigenvalue weighted by Crippen LogP contribution is 2.17. The summed E-state index contributed by atoms with van der Waals surface area (Å²) in [4.78, 5) is 18.4. The second-order valence-corrected chi connectivity index (χ2v) is 7.83. The zero-order valence-electron chi connectivity index (χ0n) is 18.6. The zero-order valence-corrected chi connectivity index (χ0v) is 21.0. The standard InChI is InChI=1S/C24H33N5O.HI/c1-4-25-24(27-15-19(3)21-7-5-6-18(2)14-21)28-16-20-8-10-22(11-9-20)29-13-12-26-23(30)17-29;/h5-11,14,19H,4,12-13,15-17H2,1-3H3,(H,26,30)(H2,25,27,28);1H. The molecule has 6 nitrogen and oxygen atoms in total. The lowest BCUT2D eigenvalue weighted by molar-refractivity contribution is -0.120. The molecule has 0 bridgehead atoms. The second-order valence-electron chi connectivity index (χ2n) is 7.83. The van der Waals surface area contributed by atoms with Gasteiger partial charge in [-0.15, -0.1) is 24.0 Å². The van der Waals surface area contributed by atoms with Gasteiger partial charge in [-0.05, 0) is 43.0 Å². The van der Waals surface area contributed by atoms with Gasteiger partial charge in [0.25, 0.3) is 0 Å². The fraction of sp³-hybridized carbons (Fsp3) is 0.417. The lowest BCUT2D eigenvalue weighted by atomic mass is 9.99. The molecular weight excluding hydrogens is 501 g/mol. The van der Waals surface area contributed by atoms with Gasteiger partial charge in [0.2, 0.25) is 5.91 Å². The summed E-state index contributed by atoms with van der Waals surface area (Å²) in [6.07, 6.45) is 0. The van der Waals surface area contributed by atoms with Crippen LogP contribution in [-0.4, -0.2) is 44.6 Å². The Kier molecular flexibility index (Phi) is 10.1. The molecule has 0 spiro atoms. The van der Waals surface area contributed by atoms with Crippen LogP contribution < -0.4 is 20.9 Å². The fourth-order valence-electron chi connectivity index (χ4n) is 3.53. The summed E-state index contributed by atoms with van der Waals surface area (Å²) in [7, 11) is 0. The van der Waals surface area contributed by atoms with Gasteiger partial charge in [-0.1, -0.05) is 48.9 Å². The van der Waals surface area contributed by atoms with Gasteiger partial charge in [-0.2, -0.15) is 0 Å². The second kappa shape index (κ2) is 12.5. The summed E-state index contributed by atoms with van der Waals surface area (Å²) in [6, 6.07) is 17.0. The number of hydrogen-bond acceptors (Lipinski definition) is 3. The minimum Gasteiger partial charge on any atom is -0.360 e. The number of carbonyl (C=O) groups excluding carboxylic acids is 1. The summed E-state index contributed by atoms with van der Waals surface area (Å²) in [5, 5.41) is 9.65. The number of amides is 1. The Hall–Kier alpha value is -2.29. The molecule has 0 aliphatic carbocycles. The van der Waals surface area contributed by atoms with Gasteiger partial charge < -0.3 is 20.9 Å². The predicted octanol–water partition coefficient (Wildman–Crippen LogP) is 3.41. The molecule has 7 heteroatoms. The van der Waals surface area contributed by atoms with Crippen LogP contribution >= 0.6 is 24.0 Å². The quantitative estimate of drug-likeness (QED) is 0.289. The van der Waals surface area contributed by atoms with Crippen LogP contribution in [0.1, 0.15) is 36.5 Å². The maximum Gasteiger partial charge on any atom is 0.239 e. The number of anilines is 1. The van der Waals surface area contributed by atoms with Gasteiger partial charge in [0.1, 0.15) is 0 Å². The molecular formula is C24H34IN5O. The van der Waals surface area contributed by atoms with Crippen LogP contribution in [-0.2, 0) is 11.3 Å². The van der Waals surface area contributed by atoms with E-state index in [9.17, 15) is 4.79 Å². The molecule has 1 saturated heterocycles. The molecule has 1 aliphatic rings. The van der Waals surface area contributed by atoms with Crippen LogP contribution in [0.5, 0.6) is 0 Å². The van der Waals surface area contributed by atoms with Crippen molar-refractivity contribution >= 4 is 41.5 Å². The Morgan fingerprint density at radius 2 is 1.97 bits per heavy atom. The molecule has 0 aromatic heterocycles. The smallest absolute Gasteiger partial charge is 0.239 e. The molecule has 1 heterocycles. The number of aryl methyl sites for hydroxylation is 1. The van der Waals surface area contributed by atoms with E-state index in [1.165, 1.54) is 11.1 Å². The number of aliphatic imine (C=N–C) groups is 1. The average molecular weight is 535 g/mol. The van der Waals surface area contributed by atoms with Crippen molar-refractivity contribution in [1.29, 1.82) is 0 Å². The van der Waals surface area contributed by atoms with Gasteiger partial charge in [-0.25, -0.2) is 4.99 Å². The predicted molar refractivity (Wildman–Crippen MR) is 139 cm³/mol. The van der Waals surface area contributed by atoms with Crippen molar-refractivity contribution in [3.8, 4) is 0 Å². The van der Waals surface area contributed by atoms with E-state index in [1.807, 2.05) is 0 Å². The highest BCUT2D eigenvalue weighted by molar-refractivity contribution is 14.0. The van der Waals surface area contributed by atoms with E-state index in [1.54, 1.807) is 0 Å². The number of halogens is 1. The molecule has 1 atom stereocenters. The number of nitrogens with zero attached hydrogens (tertiary/aromatic N) is 2. The van der Waals surface area contributed by atoms with E-state index in [2.05, 4.69) is 90.2 Å².